The summed E-state index contributed by atoms with van der Waals surface area (Å²) >= 11 is 0. The molecule has 2 aromatic carbocycles. The minimum Gasteiger partial charge on any atom is -0.457 e. The SMILES string of the molecule is NC1CCc2ccc(Oc3ccccc3)cc2C1. The Hall–Kier alpha value is -1.80. The molecule has 2 heteroatoms. The van der Waals surface area contributed by atoms with Crippen LogP contribution < -0.4 is 10.5 Å². The summed E-state index contributed by atoms with van der Waals surface area (Å²) < 4.78 is 5.84. The van der Waals surface area contributed by atoms with Crippen LogP contribution in [0, 0.1) is 0 Å². The van der Waals surface area contributed by atoms with Gasteiger partial charge in [-0.3, -0.25) is 0 Å². The van der Waals surface area contributed by atoms with Crippen molar-refractivity contribution >= 4 is 0 Å². The second-order valence-electron chi connectivity index (χ2n) is 4.85. The standard InChI is InChI=1S/C16H17NO/c17-14-8-6-12-7-9-16(11-13(12)10-14)18-15-4-2-1-3-5-15/h1-5,7,9,11,14H,6,8,10,17H2. The molecule has 18 heavy (non-hydrogen) atoms. The number of benzene rings is 2. The first-order chi connectivity index (χ1) is 8.81. The van der Waals surface area contributed by atoms with Gasteiger partial charge in [0.05, 0.1) is 0 Å². The second-order valence-corrected chi connectivity index (χ2v) is 4.85. The summed E-state index contributed by atoms with van der Waals surface area (Å²) in [5.74, 6) is 1.77. The maximum absolute atomic E-state index is 6.01. The Labute approximate surface area is 107 Å². The molecule has 2 nitrogen and oxygen atoms in total. The molecule has 0 fully saturated rings. The molecule has 0 radical (unpaired) electrons. The molecule has 1 aliphatic carbocycles. The van der Waals surface area contributed by atoms with E-state index >= 15 is 0 Å². The lowest BCUT2D eigenvalue weighted by atomic mass is 9.89. The lowest BCUT2D eigenvalue weighted by Crippen LogP contribution is -2.27. The number of para-hydroxylation sites is 1. The van der Waals surface area contributed by atoms with E-state index in [1.165, 1.54) is 11.1 Å². The van der Waals surface area contributed by atoms with Crippen LogP contribution in [0.15, 0.2) is 48.5 Å². The molecule has 0 amide bonds. The molecule has 0 bridgehead atoms. The average Bonchev–Trinajstić information content (AvgIpc) is 2.39. The third-order valence-corrected chi connectivity index (χ3v) is 3.42. The summed E-state index contributed by atoms with van der Waals surface area (Å²) in [6.45, 7) is 0. The van der Waals surface area contributed by atoms with Gasteiger partial charge in [0.25, 0.3) is 0 Å². The molecule has 0 heterocycles. The number of fused-ring (bicyclic) bond motifs is 1. The van der Waals surface area contributed by atoms with Crippen LogP contribution in [0.1, 0.15) is 17.5 Å². The zero-order valence-electron chi connectivity index (χ0n) is 10.3. The van der Waals surface area contributed by atoms with Gasteiger partial charge >= 0.3 is 0 Å². The first-order valence-corrected chi connectivity index (χ1v) is 6.41. The maximum Gasteiger partial charge on any atom is 0.127 e. The van der Waals surface area contributed by atoms with Gasteiger partial charge in [-0.05, 0) is 54.7 Å². The Bertz CT molecular complexity index is 536. The van der Waals surface area contributed by atoms with Crippen molar-refractivity contribution in [3.8, 4) is 11.5 Å². The monoisotopic (exact) mass is 239 g/mol. The van der Waals surface area contributed by atoms with E-state index in [-0.39, 0.29) is 0 Å². The fourth-order valence-electron chi connectivity index (χ4n) is 2.45. The number of rotatable bonds is 2. The maximum atomic E-state index is 6.01. The van der Waals surface area contributed by atoms with Crippen molar-refractivity contribution < 1.29 is 4.74 Å². The van der Waals surface area contributed by atoms with Crippen LogP contribution in [-0.4, -0.2) is 6.04 Å². The van der Waals surface area contributed by atoms with Crippen molar-refractivity contribution in [1.82, 2.24) is 0 Å². The fourth-order valence-corrected chi connectivity index (χ4v) is 2.45. The highest BCUT2D eigenvalue weighted by Gasteiger charge is 2.15. The topological polar surface area (TPSA) is 35.2 Å². The summed E-state index contributed by atoms with van der Waals surface area (Å²) in [6.07, 6.45) is 3.13. The molecule has 0 spiro atoms. The third-order valence-electron chi connectivity index (χ3n) is 3.42. The van der Waals surface area contributed by atoms with Crippen molar-refractivity contribution in [2.24, 2.45) is 5.73 Å². The minimum atomic E-state index is 0.296. The molecule has 0 saturated heterocycles. The van der Waals surface area contributed by atoms with Gasteiger partial charge in [0.15, 0.2) is 0 Å². The van der Waals surface area contributed by atoms with E-state index in [9.17, 15) is 0 Å². The predicted octanol–water partition coefficient (Wildman–Crippen LogP) is 3.29. The van der Waals surface area contributed by atoms with E-state index in [4.69, 9.17) is 10.5 Å². The smallest absolute Gasteiger partial charge is 0.127 e. The summed E-state index contributed by atoms with van der Waals surface area (Å²) in [7, 11) is 0. The number of nitrogens with two attached hydrogens (primary N) is 1. The normalized spacial score (nSPS) is 18.2. The third kappa shape index (κ3) is 2.39. The molecule has 3 rings (SSSR count). The lowest BCUT2D eigenvalue weighted by molar-refractivity contribution is 0.479. The molecule has 1 atom stereocenters. The van der Waals surface area contributed by atoms with E-state index in [2.05, 4.69) is 12.1 Å². The Morgan fingerprint density at radius 2 is 1.78 bits per heavy atom. The van der Waals surface area contributed by atoms with Gasteiger partial charge in [0.1, 0.15) is 11.5 Å². The first-order valence-electron chi connectivity index (χ1n) is 6.41. The van der Waals surface area contributed by atoms with Crippen LogP contribution in [0.5, 0.6) is 11.5 Å². The van der Waals surface area contributed by atoms with Crippen LogP contribution in [0.2, 0.25) is 0 Å². The highest BCUT2D eigenvalue weighted by atomic mass is 16.5. The molecule has 1 aliphatic rings. The molecule has 0 aliphatic heterocycles. The zero-order valence-corrected chi connectivity index (χ0v) is 10.3. The average molecular weight is 239 g/mol. The summed E-state index contributed by atoms with van der Waals surface area (Å²) in [4.78, 5) is 0. The summed E-state index contributed by atoms with van der Waals surface area (Å²) in [5.41, 5.74) is 8.76. The van der Waals surface area contributed by atoms with Gasteiger partial charge < -0.3 is 10.5 Å². The van der Waals surface area contributed by atoms with E-state index in [0.717, 1.165) is 30.8 Å². The molecule has 2 aromatic rings. The van der Waals surface area contributed by atoms with E-state index in [0.29, 0.717) is 6.04 Å². The van der Waals surface area contributed by atoms with Crippen LogP contribution >= 0.6 is 0 Å². The van der Waals surface area contributed by atoms with Crippen molar-refractivity contribution in [1.29, 1.82) is 0 Å². The zero-order chi connectivity index (χ0) is 12.4. The molecule has 2 N–H and O–H groups in total. The quantitative estimate of drug-likeness (QED) is 0.872. The van der Waals surface area contributed by atoms with Gasteiger partial charge in [0, 0.05) is 6.04 Å². The highest BCUT2D eigenvalue weighted by Crippen LogP contribution is 2.27. The van der Waals surface area contributed by atoms with Crippen LogP contribution in [0.4, 0.5) is 0 Å². The van der Waals surface area contributed by atoms with E-state index < -0.39 is 0 Å². The number of ether oxygens (including phenoxy) is 1. The highest BCUT2D eigenvalue weighted by molar-refractivity contribution is 5.40. The van der Waals surface area contributed by atoms with Crippen molar-refractivity contribution in [3.05, 3.63) is 59.7 Å². The van der Waals surface area contributed by atoms with E-state index in [1.54, 1.807) is 0 Å². The molecular weight excluding hydrogens is 222 g/mol. The van der Waals surface area contributed by atoms with Gasteiger partial charge in [-0.1, -0.05) is 24.3 Å². The largest absolute Gasteiger partial charge is 0.457 e. The van der Waals surface area contributed by atoms with Crippen LogP contribution in [-0.2, 0) is 12.8 Å². The van der Waals surface area contributed by atoms with Gasteiger partial charge in [-0.2, -0.15) is 0 Å². The predicted molar refractivity (Wildman–Crippen MR) is 73.0 cm³/mol. The van der Waals surface area contributed by atoms with Crippen molar-refractivity contribution in [3.63, 3.8) is 0 Å². The number of hydrogen-bond donors (Lipinski definition) is 1. The van der Waals surface area contributed by atoms with Gasteiger partial charge in [-0.25, -0.2) is 0 Å². The molecule has 1 unspecified atom stereocenters. The summed E-state index contributed by atoms with van der Waals surface area (Å²) in [5, 5.41) is 0. The Morgan fingerprint density at radius 1 is 0.944 bits per heavy atom. The Kier molecular flexibility index (Phi) is 3.03. The Balaban J connectivity index is 1.84. The van der Waals surface area contributed by atoms with Crippen molar-refractivity contribution in [2.75, 3.05) is 0 Å². The molecular formula is C16H17NO. The van der Waals surface area contributed by atoms with Gasteiger partial charge in [0.2, 0.25) is 0 Å². The summed E-state index contributed by atoms with van der Waals surface area (Å²) in [6, 6.07) is 16.5. The van der Waals surface area contributed by atoms with E-state index in [1.807, 2.05) is 36.4 Å². The van der Waals surface area contributed by atoms with Crippen molar-refractivity contribution in [2.45, 2.75) is 25.3 Å². The number of hydrogen-bond acceptors (Lipinski definition) is 2. The molecule has 0 saturated carbocycles. The fraction of sp³-hybridized carbons (Fsp3) is 0.250. The minimum absolute atomic E-state index is 0.296. The molecule has 92 valence electrons. The second kappa shape index (κ2) is 4.83. The lowest BCUT2D eigenvalue weighted by Gasteiger charge is -2.21. The molecule has 0 aromatic heterocycles. The number of aryl methyl sites for hydroxylation is 1. The first kappa shape index (κ1) is 11.3. The Morgan fingerprint density at radius 3 is 2.61 bits per heavy atom. The van der Waals surface area contributed by atoms with Crippen LogP contribution in [0.25, 0.3) is 0 Å². The van der Waals surface area contributed by atoms with Crippen LogP contribution in [0.3, 0.4) is 0 Å². The van der Waals surface area contributed by atoms with Gasteiger partial charge in [-0.15, -0.1) is 0 Å².